The van der Waals surface area contributed by atoms with E-state index in [2.05, 4.69) is 12.2 Å². The molecule has 0 atom stereocenters. The maximum atomic E-state index is 11.1. The molecule has 0 spiro atoms. The molecule has 1 amide bonds. The Morgan fingerprint density at radius 3 is 2.06 bits per heavy atom. The van der Waals surface area contributed by atoms with Crippen molar-refractivity contribution < 1.29 is 9.53 Å². The third-order valence-corrected chi connectivity index (χ3v) is 2.64. The lowest BCUT2D eigenvalue weighted by Gasteiger charge is -2.09. The smallest absolute Gasteiger partial charge is 0.407 e. The van der Waals surface area contributed by atoms with Crippen LogP contribution in [0.4, 0.5) is 4.79 Å². The highest BCUT2D eigenvalue weighted by atomic mass is 16.6. The Kier molecular flexibility index (Phi) is 11.2. The van der Waals surface area contributed by atoms with Crippen molar-refractivity contribution in [3.63, 3.8) is 0 Å². The molecule has 0 saturated carbocycles. The fraction of sp³-hybridized carbons (Fsp3) is 0.929. The van der Waals surface area contributed by atoms with Gasteiger partial charge in [0.05, 0.1) is 6.10 Å². The van der Waals surface area contributed by atoms with Gasteiger partial charge >= 0.3 is 6.09 Å². The summed E-state index contributed by atoms with van der Waals surface area (Å²) in [5.74, 6) is 0. The van der Waals surface area contributed by atoms with Crippen LogP contribution in [0.1, 0.15) is 72.1 Å². The lowest BCUT2D eigenvalue weighted by molar-refractivity contribution is 0.115. The molecule has 0 aromatic rings. The van der Waals surface area contributed by atoms with Crippen LogP contribution in [0.3, 0.4) is 0 Å². The molecule has 102 valence electrons. The number of rotatable bonds is 10. The van der Waals surface area contributed by atoms with E-state index in [-0.39, 0.29) is 12.2 Å². The number of unbranched alkanes of at least 4 members (excludes halogenated alkanes) is 7. The van der Waals surface area contributed by atoms with E-state index in [1.165, 1.54) is 44.9 Å². The molecule has 0 unspecified atom stereocenters. The number of carbonyl (C=O) groups excluding carboxylic acids is 1. The van der Waals surface area contributed by atoms with Crippen molar-refractivity contribution in [1.29, 1.82) is 0 Å². The lowest BCUT2D eigenvalue weighted by Crippen LogP contribution is -2.27. The van der Waals surface area contributed by atoms with E-state index < -0.39 is 0 Å². The Balaban J connectivity index is 3.10. The maximum Gasteiger partial charge on any atom is 0.407 e. The summed E-state index contributed by atoms with van der Waals surface area (Å²) in [5.41, 5.74) is 0. The molecule has 0 aliphatic heterocycles. The van der Waals surface area contributed by atoms with Gasteiger partial charge < -0.3 is 10.1 Å². The largest absolute Gasteiger partial charge is 0.447 e. The molecule has 0 saturated heterocycles. The van der Waals surface area contributed by atoms with Crippen LogP contribution in [0.5, 0.6) is 0 Å². The van der Waals surface area contributed by atoms with Gasteiger partial charge in [0.2, 0.25) is 0 Å². The molecule has 3 heteroatoms. The predicted octanol–water partition coefficient (Wildman–Crippen LogP) is 4.26. The summed E-state index contributed by atoms with van der Waals surface area (Å²) < 4.78 is 4.97. The van der Waals surface area contributed by atoms with Crippen LogP contribution in [0, 0.1) is 0 Å². The van der Waals surface area contributed by atoms with Gasteiger partial charge in [0.25, 0.3) is 0 Å². The van der Waals surface area contributed by atoms with Crippen LogP contribution >= 0.6 is 0 Å². The van der Waals surface area contributed by atoms with E-state index in [0.717, 1.165) is 13.0 Å². The van der Waals surface area contributed by atoms with Gasteiger partial charge in [0.1, 0.15) is 0 Å². The fourth-order valence-corrected chi connectivity index (χ4v) is 1.71. The number of nitrogens with one attached hydrogen (secondary N) is 1. The minimum atomic E-state index is -0.289. The average molecular weight is 243 g/mol. The van der Waals surface area contributed by atoms with Crippen molar-refractivity contribution in [3.05, 3.63) is 0 Å². The zero-order valence-electron chi connectivity index (χ0n) is 11.8. The molecule has 0 aliphatic carbocycles. The summed E-state index contributed by atoms with van der Waals surface area (Å²) >= 11 is 0. The molecule has 0 aromatic heterocycles. The number of hydrogen-bond donors (Lipinski definition) is 1. The molecule has 0 rings (SSSR count). The molecular formula is C14H29NO2. The van der Waals surface area contributed by atoms with Crippen LogP contribution in [0.25, 0.3) is 0 Å². The molecule has 17 heavy (non-hydrogen) atoms. The van der Waals surface area contributed by atoms with E-state index in [9.17, 15) is 4.79 Å². The Bertz CT molecular complexity index is 181. The molecule has 0 bridgehead atoms. The maximum absolute atomic E-state index is 11.1. The van der Waals surface area contributed by atoms with E-state index >= 15 is 0 Å². The van der Waals surface area contributed by atoms with Crippen molar-refractivity contribution in [1.82, 2.24) is 5.32 Å². The minimum Gasteiger partial charge on any atom is -0.447 e. The van der Waals surface area contributed by atoms with Crippen LogP contribution < -0.4 is 5.32 Å². The summed E-state index contributed by atoms with van der Waals surface area (Å²) in [6, 6.07) is 0. The van der Waals surface area contributed by atoms with E-state index in [4.69, 9.17) is 4.74 Å². The molecular weight excluding hydrogens is 214 g/mol. The van der Waals surface area contributed by atoms with Gasteiger partial charge in [-0.3, -0.25) is 0 Å². The van der Waals surface area contributed by atoms with Crippen LogP contribution in [0.2, 0.25) is 0 Å². The van der Waals surface area contributed by atoms with Crippen molar-refractivity contribution in [2.75, 3.05) is 6.54 Å². The van der Waals surface area contributed by atoms with E-state index in [1.807, 2.05) is 13.8 Å². The SMILES string of the molecule is CCCCCCCCCCNC(=O)OC(C)C. The molecule has 0 heterocycles. The van der Waals surface area contributed by atoms with Crippen LogP contribution in [-0.4, -0.2) is 18.7 Å². The van der Waals surface area contributed by atoms with E-state index in [1.54, 1.807) is 0 Å². The Morgan fingerprint density at radius 1 is 1.00 bits per heavy atom. The summed E-state index contributed by atoms with van der Waals surface area (Å²) in [6.45, 7) is 6.69. The third kappa shape index (κ3) is 13.2. The van der Waals surface area contributed by atoms with Crippen molar-refractivity contribution >= 4 is 6.09 Å². The molecule has 3 nitrogen and oxygen atoms in total. The van der Waals surface area contributed by atoms with Crippen molar-refractivity contribution in [2.45, 2.75) is 78.2 Å². The van der Waals surface area contributed by atoms with Gasteiger partial charge in [0, 0.05) is 6.54 Å². The Labute approximate surface area is 106 Å². The second-order valence-corrected chi connectivity index (χ2v) is 4.86. The van der Waals surface area contributed by atoms with E-state index in [0.29, 0.717) is 0 Å². The van der Waals surface area contributed by atoms with Gasteiger partial charge in [-0.2, -0.15) is 0 Å². The molecule has 1 N–H and O–H groups in total. The number of carbonyl (C=O) groups is 1. The van der Waals surface area contributed by atoms with Crippen LogP contribution in [0.15, 0.2) is 0 Å². The molecule has 0 aliphatic rings. The second kappa shape index (κ2) is 11.7. The normalized spacial score (nSPS) is 10.6. The highest BCUT2D eigenvalue weighted by molar-refractivity contribution is 5.67. The second-order valence-electron chi connectivity index (χ2n) is 4.86. The molecule has 0 aromatic carbocycles. The zero-order valence-corrected chi connectivity index (χ0v) is 11.8. The quantitative estimate of drug-likeness (QED) is 0.582. The zero-order chi connectivity index (χ0) is 12.9. The Hall–Kier alpha value is -0.730. The first kappa shape index (κ1) is 16.3. The first-order valence-corrected chi connectivity index (χ1v) is 7.11. The molecule has 0 fully saturated rings. The number of alkyl carbamates (subject to hydrolysis) is 1. The monoisotopic (exact) mass is 243 g/mol. The number of hydrogen-bond acceptors (Lipinski definition) is 2. The number of amides is 1. The third-order valence-electron chi connectivity index (χ3n) is 2.64. The first-order chi connectivity index (χ1) is 8.16. The van der Waals surface area contributed by atoms with Gasteiger partial charge in [-0.25, -0.2) is 4.79 Å². The highest BCUT2D eigenvalue weighted by Gasteiger charge is 2.02. The van der Waals surface area contributed by atoms with Crippen molar-refractivity contribution in [2.24, 2.45) is 0 Å². The Morgan fingerprint density at radius 2 is 1.53 bits per heavy atom. The standard InChI is InChI=1S/C14H29NO2/c1-4-5-6-7-8-9-10-11-12-15-14(16)17-13(2)3/h13H,4-12H2,1-3H3,(H,15,16). The lowest BCUT2D eigenvalue weighted by atomic mass is 10.1. The highest BCUT2D eigenvalue weighted by Crippen LogP contribution is 2.07. The summed E-state index contributed by atoms with van der Waals surface area (Å²) in [6.07, 6.45) is 9.95. The average Bonchev–Trinajstić information content (AvgIpc) is 2.26. The summed E-state index contributed by atoms with van der Waals surface area (Å²) in [4.78, 5) is 11.1. The fourth-order valence-electron chi connectivity index (χ4n) is 1.71. The van der Waals surface area contributed by atoms with Crippen molar-refractivity contribution in [3.8, 4) is 0 Å². The predicted molar refractivity (Wildman–Crippen MR) is 72.2 cm³/mol. The van der Waals surface area contributed by atoms with Gasteiger partial charge in [-0.15, -0.1) is 0 Å². The van der Waals surface area contributed by atoms with Gasteiger partial charge in [-0.05, 0) is 20.3 Å². The number of ether oxygens (including phenoxy) is 1. The summed E-state index contributed by atoms with van der Waals surface area (Å²) in [7, 11) is 0. The minimum absolute atomic E-state index is 0.0337. The van der Waals surface area contributed by atoms with Gasteiger partial charge in [0.15, 0.2) is 0 Å². The van der Waals surface area contributed by atoms with Crippen LogP contribution in [-0.2, 0) is 4.74 Å². The topological polar surface area (TPSA) is 38.3 Å². The first-order valence-electron chi connectivity index (χ1n) is 7.11. The molecule has 0 radical (unpaired) electrons. The summed E-state index contributed by atoms with van der Waals surface area (Å²) in [5, 5.41) is 2.76. The van der Waals surface area contributed by atoms with Gasteiger partial charge in [-0.1, -0.05) is 51.9 Å².